The molecule has 1 aromatic heterocycles. The number of aryl methyl sites for hydroxylation is 1. The number of nitrogens with one attached hydrogen (secondary N) is 1. The summed E-state index contributed by atoms with van der Waals surface area (Å²) in [6.45, 7) is 3.19. The van der Waals surface area contributed by atoms with E-state index in [1.807, 2.05) is 49.4 Å². The van der Waals surface area contributed by atoms with Gasteiger partial charge in [-0.25, -0.2) is 0 Å². The second-order valence-corrected chi connectivity index (χ2v) is 7.74. The standard InChI is InChI=1S/C20H24N2O4S/c1-14-8-9-18(27-14)20(24)22-13-16(26-15-6-4-3-5-7-15)12-17(22)19(23)21-10-11-25-2/h3-9,16-17H,10-13H2,1-2H3,(H,21,23)/t16-,17-/m0/s1. The quantitative estimate of drug-likeness (QED) is 0.740. The molecule has 0 saturated carbocycles. The van der Waals surface area contributed by atoms with E-state index in [1.165, 1.54) is 11.3 Å². The van der Waals surface area contributed by atoms with E-state index in [4.69, 9.17) is 9.47 Å². The van der Waals surface area contributed by atoms with Gasteiger partial charge in [0.15, 0.2) is 0 Å². The lowest BCUT2D eigenvalue weighted by atomic mass is 10.1. The van der Waals surface area contributed by atoms with Gasteiger partial charge in [-0.05, 0) is 31.2 Å². The highest BCUT2D eigenvalue weighted by Crippen LogP contribution is 2.27. The third kappa shape index (κ3) is 4.87. The number of benzene rings is 1. The predicted molar refractivity (Wildman–Crippen MR) is 104 cm³/mol. The normalized spacial score (nSPS) is 19.1. The summed E-state index contributed by atoms with van der Waals surface area (Å²) in [5.41, 5.74) is 0. The summed E-state index contributed by atoms with van der Waals surface area (Å²) in [6.07, 6.45) is 0.236. The molecule has 2 atom stereocenters. The lowest BCUT2D eigenvalue weighted by Crippen LogP contribution is -2.46. The van der Waals surface area contributed by atoms with E-state index in [9.17, 15) is 9.59 Å². The van der Waals surface area contributed by atoms with Crippen LogP contribution in [0, 0.1) is 6.92 Å². The van der Waals surface area contributed by atoms with Crippen molar-refractivity contribution in [3.63, 3.8) is 0 Å². The fourth-order valence-corrected chi connectivity index (χ4v) is 3.96. The molecule has 144 valence electrons. The second-order valence-electron chi connectivity index (χ2n) is 6.46. The molecule has 7 heteroatoms. The zero-order valence-electron chi connectivity index (χ0n) is 15.5. The maximum Gasteiger partial charge on any atom is 0.264 e. The molecule has 0 radical (unpaired) electrons. The summed E-state index contributed by atoms with van der Waals surface area (Å²) in [4.78, 5) is 29.0. The van der Waals surface area contributed by atoms with E-state index >= 15 is 0 Å². The van der Waals surface area contributed by atoms with E-state index < -0.39 is 6.04 Å². The fourth-order valence-electron chi connectivity index (χ4n) is 3.13. The Morgan fingerprint density at radius 3 is 2.67 bits per heavy atom. The van der Waals surface area contributed by atoms with Crippen molar-refractivity contribution < 1.29 is 19.1 Å². The molecule has 2 amide bonds. The number of carbonyl (C=O) groups is 2. The van der Waals surface area contributed by atoms with Gasteiger partial charge in [0, 0.05) is 25.0 Å². The third-order valence-electron chi connectivity index (χ3n) is 4.43. The summed E-state index contributed by atoms with van der Waals surface area (Å²) < 4.78 is 11.0. The molecular formula is C20H24N2O4S. The van der Waals surface area contributed by atoms with Gasteiger partial charge in [-0.1, -0.05) is 18.2 Å². The first kappa shape index (κ1) is 19.4. The Morgan fingerprint density at radius 2 is 2.00 bits per heavy atom. The average Bonchev–Trinajstić information content (AvgIpc) is 3.29. The molecule has 27 heavy (non-hydrogen) atoms. The number of thiophene rings is 1. The van der Waals surface area contributed by atoms with Crippen LogP contribution < -0.4 is 10.1 Å². The number of ether oxygens (including phenoxy) is 2. The number of likely N-dealkylation sites (tertiary alicyclic amines) is 1. The summed E-state index contributed by atoms with van der Waals surface area (Å²) >= 11 is 1.44. The van der Waals surface area contributed by atoms with Crippen molar-refractivity contribution >= 4 is 23.2 Å². The summed E-state index contributed by atoms with van der Waals surface area (Å²) in [7, 11) is 1.58. The number of amides is 2. The first-order chi connectivity index (χ1) is 13.1. The van der Waals surface area contributed by atoms with Crippen LogP contribution in [0.3, 0.4) is 0 Å². The molecule has 2 heterocycles. The summed E-state index contributed by atoms with van der Waals surface area (Å²) in [5, 5.41) is 2.84. The largest absolute Gasteiger partial charge is 0.488 e. The maximum atomic E-state index is 13.0. The molecule has 6 nitrogen and oxygen atoms in total. The van der Waals surface area contributed by atoms with Gasteiger partial charge in [-0.15, -0.1) is 11.3 Å². The van der Waals surface area contributed by atoms with Crippen LogP contribution in [0.5, 0.6) is 5.75 Å². The zero-order chi connectivity index (χ0) is 19.2. The van der Waals surface area contributed by atoms with Crippen molar-refractivity contribution in [1.82, 2.24) is 10.2 Å². The first-order valence-electron chi connectivity index (χ1n) is 8.94. The molecule has 1 aromatic carbocycles. The van der Waals surface area contributed by atoms with Gasteiger partial charge in [0.2, 0.25) is 5.91 Å². The highest BCUT2D eigenvalue weighted by molar-refractivity contribution is 7.13. The average molecular weight is 388 g/mol. The maximum absolute atomic E-state index is 13.0. The molecule has 0 unspecified atom stereocenters. The van der Waals surface area contributed by atoms with Crippen molar-refractivity contribution in [3.05, 3.63) is 52.2 Å². The predicted octanol–water partition coefficient (Wildman–Crippen LogP) is 2.48. The molecule has 1 N–H and O–H groups in total. The van der Waals surface area contributed by atoms with Gasteiger partial charge in [0.05, 0.1) is 18.0 Å². The Bertz CT molecular complexity index is 777. The van der Waals surface area contributed by atoms with Crippen molar-refractivity contribution in [1.29, 1.82) is 0 Å². The van der Waals surface area contributed by atoms with Crippen LogP contribution in [0.4, 0.5) is 0 Å². The minimum atomic E-state index is -0.550. The Labute approximate surface area is 163 Å². The highest BCUT2D eigenvalue weighted by atomic mass is 32.1. The number of hydrogen-bond donors (Lipinski definition) is 1. The van der Waals surface area contributed by atoms with Crippen LogP contribution in [0.1, 0.15) is 21.0 Å². The second kappa shape index (κ2) is 9.01. The van der Waals surface area contributed by atoms with Crippen molar-refractivity contribution in [3.8, 4) is 5.75 Å². The van der Waals surface area contributed by atoms with E-state index in [-0.39, 0.29) is 17.9 Å². The minimum Gasteiger partial charge on any atom is -0.488 e. The van der Waals surface area contributed by atoms with Crippen molar-refractivity contribution in [2.45, 2.75) is 25.5 Å². The number of hydrogen-bond acceptors (Lipinski definition) is 5. The summed E-state index contributed by atoms with van der Waals surface area (Å²) in [6, 6.07) is 12.6. The van der Waals surface area contributed by atoms with Crippen LogP contribution in [0.25, 0.3) is 0 Å². The van der Waals surface area contributed by atoms with E-state index in [0.717, 1.165) is 10.6 Å². The number of para-hydroxylation sites is 1. The molecule has 0 aliphatic carbocycles. The highest BCUT2D eigenvalue weighted by Gasteiger charge is 2.41. The van der Waals surface area contributed by atoms with Gasteiger partial charge in [0.25, 0.3) is 5.91 Å². The fraction of sp³-hybridized carbons (Fsp3) is 0.400. The van der Waals surface area contributed by atoms with Crippen LogP contribution in [-0.2, 0) is 9.53 Å². The Morgan fingerprint density at radius 1 is 1.22 bits per heavy atom. The molecule has 1 fully saturated rings. The lowest BCUT2D eigenvalue weighted by Gasteiger charge is -2.23. The number of carbonyl (C=O) groups excluding carboxylic acids is 2. The van der Waals surface area contributed by atoms with Crippen molar-refractivity contribution in [2.75, 3.05) is 26.8 Å². The molecule has 0 bridgehead atoms. The van der Waals surface area contributed by atoms with Crippen LogP contribution in [0.2, 0.25) is 0 Å². The topological polar surface area (TPSA) is 67.9 Å². The van der Waals surface area contributed by atoms with Gasteiger partial charge < -0.3 is 19.7 Å². The number of methoxy groups -OCH3 is 1. The van der Waals surface area contributed by atoms with E-state index in [0.29, 0.717) is 31.0 Å². The van der Waals surface area contributed by atoms with Gasteiger partial charge in [0.1, 0.15) is 17.9 Å². The zero-order valence-corrected chi connectivity index (χ0v) is 16.3. The first-order valence-corrected chi connectivity index (χ1v) is 9.76. The molecule has 2 aromatic rings. The monoisotopic (exact) mass is 388 g/mol. The van der Waals surface area contributed by atoms with Crippen LogP contribution >= 0.6 is 11.3 Å². The molecular weight excluding hydrogens is 364 g/mol. The van der Waals surface area contributed by atoms with Gasteiger partial charge >= 0.3 is 0 Å². The van der Waals surface area contributed by atoms with E-state index in [1.54, 1.807) is 12.0 Å². The van der Waals surface area contributed by atoms with Crippen LogP contribution in [0.15, 0.2) is 42.5 Å². The Hall–Kier alpha value is -2.38. The molecule has 1 saturated heterocycles. The SMILES string of the molecule is COCCNC(=O)[C@@H]1C[C@H](Oc2ccccc2)CN1C(=O)c1ccc(C)s1. The molecule has 3 rings (SSSR count). The molecule has 1 aliphatic rings. The molecule has 0 spiro atoms. The summed E-state index contributed by atoms with van der Waals surface area (Å²) in [5.74, 6) is 0.439. The smallest absolute Gasteiger partial charge is 0.264 e. The minimum absolute atomic E-state index is 0.126. The van der Waals surface area contributed by atoms with Gasteiger partial charge in [-0.3, -0.25) is 9.59 Å². The Balaban J connectivity index is 1.74. The Kier molecular flexibility index (Phi) is 6.47. The lowest BCUT2D eigenvalue weighted by molar-refractivity contribution is -0.125. The van der Waals surface area contributed by atoms with E-state index in [2.05, 4.69) is 5.32 Å². The number of rotatable bonds is 7. The van der Waals surface area contributed by atoms with Crippen LogP contribution in [-0.4, -0.2) is 55.7 Å². The molecule has 1 aliphatic heterocycles. The number of nitrogens with zero attached hydrogens (tertiary/aromatic N) is 1. The third-order valence-corrected chi connectivity index (χ3v) is 5.42. The van der Waals surface area contributed by atoms with Crippen molar-refractivity contribution in [2.24, 2.45) is 0 Å². The van der Waals surface area contributed by atoms with Gasteiger partial charge in [-0.2, -0.15) is 0 Å².